The first-order chi connectivity index (χ1) is 13.6. The maximum atomic E-state index is 13.2. The van der Waals surface area contributed by atoms with Gasteiger partial charge >= 0.3 is 0 Å². The molecule has 1 saturated heterocycles. The molecule has 0 aliphatic carbocycles. The molecule has 1 fully saturated rings. The summed E-state index contributed by atoms with van der Waals surface area (Å²) >= 11 is 6.07. The van der Waals surface area contributed by atoms with Crippen LogP contribution in [0.3, 0.4) is 0 Å². The van der Waals surface area contributed by atoms with Crippen LogP contribution >= 0.6 is 11.6 Å². The molecule has 3 aromatic rings. The smallest absolute Gasteiger partial charge is 0.237 e. The minimum atomic E-state index is -0.255. The van der Waals surface area contributed by atoms with Crippen molar-refractivity contribution in [3.05, 3.63) is 88.9 Å². The molecule has 4 nitrogen and oxygen atoms in total. The number of halogens is 1. The third-order valence-electron chi connectivity index (χ3n) is 5.13. The second-order valence-corrected chi connectivity index (χ2v) is 7.09. The molecule has 1 aliphatic heterocycles. The predicted octanol–water partition coefficient (Wildman–Crippen LogP) is 5.23. The molecule has 1 aliphatic rings. The van der Waals surface area contributed by atoms with Gasteiger partial charge in [0.25, 0.3) is 0 Å². The Hall–Kier alpha value is -2.98. The number of hydrogen-bond donors (Lipinski definition) is 0. The van der Waals surface area contributed by atoms with Gasteiger partial charge in [-0.25, -0.2) is 0 Å². The van der Waals surface area contributed by atoms with E-state index >= 15 is 0 Å². The molecule has 5 heteroatoms. The third-order valence-corrected chi connectivity index (χ3v) is 5.39. The van der Waals surface area contributed by atoms with Gasteiger partial charge < -0.3 is 14.4 Å². The van der Waals surface area contributed by atoms with Crippen LogP contribution in [-0.4, -0.2) is 20.1 Å². The van der Waals surface area contributed by atoms with Crippen molar-refractivity contribution in [2.24, 2.45) is 0 Å². The summed E-state index contributed by atoms with van der Waals surface area (Å²) in [6.45, 7) is 0. The number of ether oxygens (including phenoxy) is 2. The maximum Gasteiger partial charge on any atom is 0.237 e. The van der Waals surface area contributed by atoms with Crippen LogP contribution in [0.25, 0.3) is 0 Å². The van der Waals surface area contributed by atoms with E-state index in [1.807, 2.05) is 77.7 Å². The lowest BCUT2D eigenvalue weighted by Gasteiger charge is -2.47. The average molecular weight is 394 g/mol. The number of methoxy groups -OCH3 is 2. The predicted molar refractivity (Wildman–Crippen MR) is 110 cm³/mol. The number of benzene rings is 3. The van der Waals surface area contributed by atoms with E-state index in [-0.39, 0.29) is 17.9 Å². The fraction of sp³-hybridized carbons (Fsp3) is 0.174. The van der Waals surface area contributed by atoms with Gasteiger partial charge in [-0.15, -0.1) is 0 Å². The number of nitrogens with zero attached hydrogens (tertiary/aromatic N) is 1. The van der Waals surface area contributed by atoms with E-state index in [1.165, 1.54) is 0 Å². The Labute approximate surface area is 169 Å². The first kappa shape index (κ1) is 18.4. The van der Waals surface area contributed by atoms with Crippen LogP contribution < -0.4 is 14.4 Å². The van der Waals surface area contributed by atoms with Gasteiger partial charge in [-0.3, -0.25) is 4.79 Å². The highest BCUT2D eigenvalue weighted by atomic mass is 35.5. The summed E-state index contributed by atoms with van der Waals surface area (Å²) in [6.07, 6.45) is 0. The number of β-lactam (4-membered cyclic amide) rings is 1. The van der Waals surface area contributed by atoms with Crippen molar-refractivity contribution in [1.29, 1.82) is 0 Å². The summed E-state index contributed by atoms with van der Waals surface area (Å²) in [6, 6.07) is 22.8. The largest absolute Gasteiger partial charge is 0.497 e. The van der Waals surface area contributed by atoms with Crippen LogP contribution in [0.5, 0.6) is 11.5 Å². The molecule has 28 heavy (non-hydrogen) atoms. The first-order valence-corrected chi connectivity index (χ1v) is 9.36. The molecule has 2 unspecified atom stereocenters. The molecule has 0 saturated carbocycles. The molecule has 0 N–H and O–H groups in total. The molecule has 4 rings (SSSR count). The highest BCUT2D eigenvalue weighted by Gasteiger charge is 2.49. The Balaban J connectivity index is 1.73. The van der Waals surface area contributed by atoms with E-state index in [0.717, 1.165) is 28.3 Å². The second-order valence-electron chi connectivity index (χ2n) is 6.65. The normalized spacial score (nSPS) is 18.5. The van der Waals surface area contributed by atoms with Crippen molar-refractivity contribution < 1.29 is 14.3 Å². The summed E-state index contributed by atoms with van der Waals surface area (Å²) in [5.74, 6) is 1.33. The molecule has 0 aromatic heterocycles. The van der Waals surface area contributed by atoms with E-state index in [2.05, 4.69) is 0 Å². The van der Waals surface area contributed by atoms with Gasteiger partial charge in [-0.05, 0) is 59.7 Å². The number of hydrogen-bond acceptors (Lipinski definition) is 3. The quantitative estimate of drug-likeness (QED) is 0.557. The number of anilines is 1. The van der Waals surface area contributed by atoms with Gasteiger partial charge in [0.2, 0.25) is 5.91 Å². The summed E-state index contributed by atoms with van der Waals surface area (Å²) in [5.41, 5.74) is 2.85. The molecular formula is C23H20ClNO3. The minimum absolute atomic E-state index is 0.0651. The van der Waals surface area contributed by atoms with Crippen molar-refractivity contribution in [1.82, 2.24) is 0 Å². The number of carbonyl (C=O) groups is 1. The maximum absolute atomic E-state index is 13.2. The molecular weight excluding hydrogens is 374 g/mol. The van der Waals surface area contributed by atoms with Crippen LogP contribution in [0.15, 0.2) is 72.8 Å². The van der Waals surface area contributed by atoms with Crippen molar-refractivity contribution in [2.75, 3.05) is 19.1 Å². The van der Waals surface area contributed by atoms with Gasteiger partial charge in [-0.2, -0.15) is 0 Å². The Morgan fingerprint density at radius 3 is 1.79 bits per heavy atom. The number of rotatable bonds is 5. The topological polar surface area (TPSA) is 38.8 Å². The van der Waals surface area contributed by atoms with Crippen molar-refractivity contribution in [3.63, 3.8) is 0 Å². The van der Waals surface area contributed by atoms with Gasteiger partial charge in [0.05, 0.1) is 26.2 Å². The first-order valence-electron chi connectivity index (χ1n) is 8.99. The van der Waals surface area contributed by atoms with Crippen molar-refractivity contribution in [3.8, 4) is 11.5 Å². The third kappa shape index (κ3) is 3.20. The van der Waals surface area contributed by atoms with E-state index in [4.69, 9.17) is 21.1 Å². The van der Waals surface area contributed by atoms with Crippen LogP contribution in [0.4, 0.5) is 5.69 Å². The average Bonchev–Trinajstić information content (AvgIpc) is 2.74. The second kappa shape index (κ2) is 7.56. The zero-order chi connectivity index (χ0) is 19.7. The highest BCUT2D eigenvalue weighted by molar-refractivity contribution is 6.30. The Morgan fingerprint density at radius 1 is 0.750 bits per heavy atom. The van der Waals surface area contributed by atoms with Gasteiger partial charge in [0.1, 0.15) is 11.5 Å². The molecule has 1 amide bonds. The fourth-order valence-electron chi connectivity index (χ4n) is 3.66. The van der Waals surface area contributed by atoms with Gasteiger partial charge in [-0.1, -0.05) is 35.9 Å². The lowest BCUT2D eigenvalue weighted by molar-refractivity contribution is -0.126. The molecule has 0 spiro atoms. The molecule has 2 atom stereocenters. The van der Waals surface area contributed by atoms with Gasteiger partial charge in [0.15, 0.2) is 0 Å². The lowest BCUT2D eigenvalue weighted by Crippen LogP contribution is -2.53. The number of carbonyl (C=O) groups excluding carboxylic acids is 1. The van der Waals surface area contributed by atoms with Crippen molar-refractivity contribution >= 4 is 23.2 Å². The van der Waals surface area contributed by atoms with E-state index in [0.29, 0.717) is 5.02 Å². The zero-order valence-electron chi connectivity index (χ0n) is 15.6. The summed E-state index contributed by atoms with van der Waals surface area (Å²) in [4.78, 5) is 15.0. The van der Waals surface area contributed by atoms with E-state index in [1.54, 1.807) is 14.2 Å². The molecule has 142 valence electrons. The summed E-state index contributed by atoms with van der Waals surface area (Å²) in [7, 11) is 3.26. The van der Waals surface area contributed by atoms with E-state index in [9.17, 15) is 4.79 Å². The number of amides is 1. The standard InChI is InChI=1S/C23H20ClNO3/c1-27-19-11-5-15(6-12-19)21-22(16-3-7-17(24)8-4-16)25(23(21)26)18-9-13-20(28-2)14-10-18/h3-14,21-22H,1-2H3. The van der Waals surface area contributed by atoms with Crippen LogP contribution in [0.1, 0.15) is 23.1 Å². The monoisotopic (exact) mass is 393 g/mol. The fourth-order valence-corrected chi connectivity index (χ4v) is 3.78. The molecule has 0 radical (unpaired) electrons. The van der Waals surface area contributed by atoms with E-state index < -0.39 is 0 Å². The Morgan fingerprint density at radius 2 is 1.25 bits per heavy atom. The SMILES string of the molecule is COc1ccc(C2C(=O)N(c3ccc(OC)cc3)C2c2ccc(Cl)cc2)cc1. The Bertz CT molecular complexity index is 911. The van der Waals surface area contributed by atoms with Gasteiger partial charge in [0, 0.05) is 10.7 Å². The van der Waals surface area contributed by atoms with Crippen LogP contribution in [0.2, 0.25) is 5.02 Å². The summed E-state index contributed by atoms with van der Waals surface area (Å²) in [5, 5.41) is 0.673. The Kier molecular flexibility index (Phi) is 4.97. The molecule has 0 bridgehead atoms. The van der Waals surface area contributed by atoms with Crippen LogP contribution in [0, 0.1) is 0 Å². The lowest BCUT2D eigenvalue weighted by atomic mass is 9.77. The molecule has 3 aromatic carbocycles. The molecule has 1 heterocycles. The van der Waals surface area contributed by atoms with Crippen LogP contribution in [-0.2, 0) is 4.79 Å². The minimum Gasteiger partial charge on any atom is -0.497 e. The summed E-state index contributed by atoms with van der Waals surface area (Å²) < 4.78 is 10.5. The zero-order valence-corrected chi connectivity index (χ0v) is 16.4. The highest BCUT2D eigenvalue weighted by Crippen LogP contribution is 2.49. The van der Waals surface area contributed by atoms with Crippen molar-refractivity contribution in [2.45, 2.75) is 12.0 Å².